The fourth-order valence-electron chi connectivity index (χ4n) is 2.82. The van der Waals surface area contributed by atoms with Gasteiger partial charge in [-0.3, -0.25) is 9.47 Å². The molecular weight excluding hydrogens is 318 g/mol. The van der Waals surface area contributed by atoms with E-state index in [1.807, 2.05) is 29.9 Å². The van der Waals surface area contributed by atoms with Gasteiger partial charge in [0.15, 0.2) is 0 Å². The van der Waals surface area contributed by atoms with E-state index in [-0.39, 0.29) is 5.56 Å². The van der Waals surface area contributed by atoms with Crippen LogP contribution in [-0.4, -0.2) is 14.3 Å². The van der Waals surface area contributed by atoms with Crippen molar-refractivity contribution in [3.63, 3.8) is 0 Å². The molecule has 0 saturated heterocycles. The SMILES string of the molecule is CC(C)c1ccc(-c2csc3ncn(-n4cccc4)c(=O)c23)cc1. The van der Waals surface area contributed by atoms with Gasteiger partial charge in [-0.05, 0) is 29.2 Å². The molecular formula is C19H17N3OS. The summed E-state index contributed by atoms with van der Waals surface area (Å²) < 4.78 is 3.26. The highest BCUT2D eigenvalue weighted by atomic mass is 32.1. The lowest BCUT2D eigenvalue weighted by atomic mass is 9.99. The molecule has 0 amide bonds. The van der Waals surface area contributed by atoms with Gasteiger partial charge in [0.1, 0.15) is 11.2 Å². The molecule has 0 unspecified atom stereocenters. The maximum atomic E-state index is 13.0. The fourth-order valence-corrected chi connectivity index (χ4v) is 3.72. The van der Waals surface area contributed by atoms with Gasteiger partial charge in [0.25, 0.3) is 5.56 Å². The van der Waals surface area contributed by atoms with Gasteiger partial charge in [-0.25, -0.2) is 9.66 Å². The van der Waals surface area contributed by atoms with E-state index in [1.165, 1.54) is 21.6 Å². The van der Waals surface area contributed by atoms with E-state index < -0.39 is 0 Å². The summed E-state index contributed by atoms with van der Waals surface area (Å²) in [7, 11) is 0. The van der Waals surface area contributed by atoms with Gasteiger partial charge in [-0.2, -0.15) is 0 Å². The van der Waals surface area contributed by atoms with Crippen LogP contribution >= 0.6 is 11.3 Å². The Labute approximate surface area is 143 Å². The second-order valence-electron chi connectivity index (χ2n) is 6.06. The molecule has 24 heavy (non-hydrogen) atoms. The van der Waals surface area contributed by atoms with Crippen LogP contribution in [-0.2, 0) is 0 Å². The molecule has 3 aromatic heterocycles. The summed E-state index contributed by atoms with van der Waals surface area (Å²) in [6.45, 7) is 4.35. The highest BCUT2D eigenvalue weighted by Crippen LogP contribution is 2.31. The largest absolute Gasteiger partial charge is 0.282 e. The first-order valence-electron chi connectivity index (χ1n) is 7.88. The quantitative estimate of drug-likeness (QED) is 0.558. The van der Waals surface area contributed by atoms with Crippen LogP contribution in [0.3, 0.4) is 0 Å². The Bertz CT molecular complexity index is 1040. The Kier molecular flexibility index (Phi) is 3.58. The van der Waals surface area contributed by atoms with E-state index in [0.29, 0.717) is 11.3 Å². The Morgan fingerprint density at radius 2 is 1.79 bits per heavy atom. The number of thiophene rings is 1. The van der Waals surface area contributed by atoms with Crippen LogP contribution in [0.15, 0.2) is 65.3 Å². The monoisotopic (exact) mass is 335 g/mol. The van der Waals surface area contributed by atoms with Crippen molar-refractivity contribution in [2.75, 3.05) is 0 Å². The first kappa shape index (κ1) is 14.9. The Hall–Kier alpha value is -2.66. The van der Waals surface area contributed by atoms with Crippen LogP contribution in [0.25, 0.3) is 21.3 Å². The molecule has 0 spiro atoms. The van der Waals surface area contributed by atoms with Crippen LogP contribution in [0.1, 0.15) is 25.3 Å². The molecule has 4 aromatic rings. The predicted molar refractivity (Wildman–Crippen MR) is 98.6 cm³/mol. The number of benzene rings is 1. The molecule has 3 heterocycles. The molecule has 120 valence electrons. The fraction of sp³-hybridized carbons (Fsp3) is 0.158. The molecule has 0 bridgehead atoms. The number of hydrogen-bond acceptors (Lipinski definition) is 3. The number of rotatable bonds is 3. The molecule has 0 saturated carbocycles. The average Bonchev–Trinajstić information content (AvgIpc) is 3.25. The van der Waals surface area contributed by atoms with E-state index in [0.717, 1.165) is 16.0 Å². The van der Waals surface area contributed by atoms with Crippen LogP contribution in [0, 0.1) is 0 Å². The first-order chi connectivity index (χ1) is 11.6. The lowest BCUT2D eigenvalue weighted by Gasteiger charge is -2.08. The maximum Gasteiger partial charge on any atom is 0.282 e. The van der Waals surface area contributed by atoms with Gasteiger partial charge in [-0.1, -0.05) is 38.1 Å². The molecule has 0 aliphatic heterocycles. The van der Waals surface area contributed by atoms with Crippen molar-refractivity contribution in [3.8, 4) is 11.1 Å². The molecule has 0 N–H and O–H groups in total. The summed E-state index contributed by atoms with van der Waals surface area (Å²) in [4.78, 5) is 18.2. The third kappa shape index (κ3) is 2.37. The zero-order valence-electron chi connectivity index (χ0n) is 13.5. The highest BCUT2D eigenvalue weighted by molar-refractivity contribution is 7.17. The maximum absolute atomic E-state index is 13.0. The second-order valence-corrected chi connectivity index (χ2v) is 6.92. The molecule has 4 rings (SSSR count). The predicted octanol–water partition coefficient (Wildman–Crippen LogP) is 4.36. The van der Waals surface area contributed by atoms with Gasteiger partial charge >= 0.3 is 0 Å². The van der Waals surface area contributed by atoms with Crippen molar-refractivity contribution < 1.29 is 0 Å². The van der Waals surface area contributed by atoms with Crippen molar-refractivity contribution in [3.05, 3.63) is 76.4 Å². The summed E-state index contributed by atoms with van der Waals surface area (Å²) in [5.74, 6) is 0.492. The van der Waals surface area contributed by atoms with Gasteiger partial charge in [0, 0.05) is 23.3 Å². The molecule has 4 nitrogen and oxygen atoms in total. The van der Waals surface area contributed by atoms with Crippen LogP contribution in [0.5, 0.6) is 0 Å². The Morgan fingerprint density at radius 1 is 1.08 bits per heavy atom. The Morgan fingerprint density at radius 3 is 2.46 bits per heavy atom. The van der Waals surface area contributed by atoms with Crippen molar-refractivity contribution in [2.24, 2.45) is 0 Å². The zero-order chi connectivity index (χ0) is 16.7. The molecule has 0 fully saturated rings. The minimum absolute atomic E-state index is 0.0552. The van der Waals surface area contributed by atoms with Crippen molar-refractivity contribution in [1.82, 2.24) is 14.3 Å². The normalized spacial score (nSPS) is 11.5. The van der Waals surface area contributed by atoms with Gasteiger partial charge in [0.05, 0.1) is 5.39 Å². The number of aromatic nitrogens is 3. The van der Waals surface area contributed by atoms with E-state index in [2.05, 4.69) is 43.1 Å². The molecule has 5 heteroatoms. The minimum atomic E-state index is -0.0552. The molecule has 0 atom stereocenters. The van der Waals surface area contributed by atoms with Crippen LogP contribution < -0.4 is 5.56 Å². The summed E-state index contributed by atoms with van der Waals surface area (Å²) >= 11 is 1.51. The van der Waals surface area contributed by atoms with Crippen LogP contribution in [0.2, 0.25) is 0 Å². The van der Waals surface area contributed by atoms with E-state index in [4.69, 9.17) is 0 Å². The van der Waals surface area contributed by atoms with E-state index in [1.54, 1.807) is 11.0 Å². The highest BCUT2D eigenvalue weighted by Gasteiger charge is 2.14. The third-order valence-electron chi connectivity index (χ3n) is 4.20. The summed E-state index contributed by atoms with van der Waals surface area (Å²) in [6.07, 6.45) is 5.24. The topological polar surface area (TPSA) is 39.8 Å². The molecule has 1 aromatic carbocycles. The summed E-state index contributed by atoms with van der Waals surface area (Å²) in [5.41, 5.74) is 3.24. The summed E-state index contributed by atoms with van der Waals surface area (Å²) in [5, 5.41) is 2.69. The van der Waals surface area contributed by atoms with Crippen molar-refractivity contribution >= 4 is 21.6 Å². The standard InChI is InChI=1S/C19H17N3OS/c1-13(2)14-5-7-15(8-6-14)16-11-24-18-17(16)19(23)22(12-20-18)21-9-3-4-10-21/h3-13H,1-2H3. The van der Waals surface area contributed by atoms with Crippen molar-refractivity contribution in [1.29, 1.82) is 0 Å². The lowest BCUT2D eigenvalue weighted by Crippen LogP contribution is -2.25. The van der Waals surface area contributed by atoms with Crippen LogP contribution in [0.4, 0.5) is 0 Å². The van der Waals surface area contributed by atoms with Gasteiger partial charge in [-0.15, -0.1) is 11.3 Å². The van der Waals surface area contributed by atoms with Gasteiger partial charge < -0.3 is 0 Å². The smallest absolute Gasteiger partial charge is 0.267 e. The number of hydrogen-bond donors (Lipinski definition) is 0. The number of fused-ring (bicyclic) bond motifs is 1. The summed E-state index contributed by atoms with van der Waals surface area (Å²) in [6, 6.07) is 12.2. The number of nitrogens with zero attached hydrogens (tertiary/aromatic N) is 3. The van der Waals surface area contributed by atoms with Crippen molar-refractivity contribution in [2.45, 2.75) is 19.8 Å². The van der Waals surface area contributed by atoms with E-state index in [9.17, 15) is 4.79 Å². The molecule has 0 aliphatic rings. The van der Waals surface area contributed by atoms with E-state index >= 15 is 0 Å². The minimum Gasteiger partial charge on any atom is -0.267 e. The first-order valence-corrected chi connectivity index (χ1v) is 8.76. The molecule has 0 aliphatic carbocycles. The van der Waals surface area contributed by atoms with Gasteiger partial charge in [0.2, 0.25) is 0 Å². The zero-order valence-corrected chi connectivity index (χ0v) is 14.3. The lowest BCUT2D eigenvalue weighted by molar-refractivity contribution is 0.628. The third-order valence-corrected chi connectivity index (χ3v) is 5.09. The average molecular weight is 335 g/mol. The molecule has 0 radical (unpaired) electrons. The second kappa shape index (κ2) is 5.76. The Balaban J connectivity index is 1.90.